The van der Waals surface area contributed by atoms with Crippen LogP contribution < -0.4 is 0 Å². The SMILES string of the molecule is CCCCCCCCCOC(=O)C(C)=CC(c1ccccc1)(c1ccccc1)c1ccccc1. The van der Waals surface area contributed by atoms with Gasteiger partial charge in [-0.25, -0.2) is 4.79 Å². The van der Waals surface area contributed by atoms with Gasteiger partial charge in [-0.1, -0.05) is 143 Å². The van der Waals surface area contributed by atoms with E-state index < -0.39 is 5.41 Å². The predicted octanol–water partition coefficient (Wildman–Crippen LogP) is 8.26. The van der Waals surface area contributed by atoms with Crippen molar-refractivity contribution in [2.75, 3.05) is 6.61 Å². The molecule has 0 heterocycles. The van der Waals surface area contributed by atoms with E-state index >= 15 is 0 Å². The molecule has 0 unspecified atom stereocenters. The summed E-state index contributed by atoms with van der Waals surface area (Å²) in [5.41, 5.74) is 3.39. The van der Waals surface area contributed by atoms with Crippen molar-refractivity contribution >= 4 is 5.97 Å². The zero-order valence-corrected chi connectivity index (χ0v) is 20.7. The first kappa shape index (κ1) is 25.5. The molecule has 0 aromatic heterocycles. The quantitative estimate of drug-likeness (QED) is 0.112. The molecule has 0 aliphatic heterocycles. The van der Waals surface area contributed by atoms with Crippen LogP contribution in [0.15, 0.2) is 103 Å². The van der Waals surface area contributed by atoms with Crippen LogP contribution in [0.25, 0.3) is 0 Å². The van der Waals surface area contributed by atoms with E-state index in [1.54, 1.807) is 0 Å². The van der Waals surface area contributed by atoms with Crippen molar-refractivity contribution in [2.24, 2.45) is 0 Å². The lowest BCUT2D eigenvalue weighted by Gasteiger charge is -2.33. The minimum Gasteiger partial charge on any atom is -0.462 e. The standard InChI is InChI=1S/C32H38O2/c1-3-4-5-6-7-8-18-25-34-31(33)27(2)26-32(28-19-12-9-13-20-28,29-21-14-10-15-22-29)30-23-16-11-17-24-30/h9-17,19-24,26H,3-8,18,25H2,1-2H3. The maximum Gasteiger partial charge on any atom is 0.333 e. The number of carbonyl (C=O) groups is 1. The summed E-state index contributed by atoms with van der Waals surface area (Å²) in [5, 5.41) is 0. The molecule has 0 saturated heterocycles. The van der Waals surface area contributed by atoms with Crippen molar-refractivity contribution in [1.82, 2.24) is 0 Å². The Morgan fingerprint density at radius 3 is 1.53 bits per heavy atom. The van der Waals surface area contributed by atoms with Crippen molar-refractivity contribution in [3.8, 4) is 0 Å². The van der Waals surface area contributed by atoms with E-state index in [-0.39, 0.29) is 5.97 Å². The van der Waals surface area contributed by atoms with Gasteiger partial charge in [-0.3, -0.25) is 0 Å². The summed E-state index contributed by atoms with van der Waals surface area (Å²) in [5.74, 6) is -0.238. The van der Waals surface area contributed by atoms with E-state index in [1.165, 1.54) is 32.1 Å². The highest BCUT2D eigenvalue weighted by atomic mass is 16.5. The molecule has 34 heavy (non-hydrogen) atoms. The molecule has 3 aromatic rings. The molecule has 3 rings (SSSR count). The van der Waals surface area contributed by atoms with Gasteiger partial charge in [-0.05, 0) is 30.0 Å². The fourth-order valence-electron chi connectivity index (χ4n) is 4.57. The Bertz CT molecular complexity index is 910. The van der Waals surface area contributed by atoms with Gasteiger partial charge >= 0.3 is 5.97 Å². The summed E-state index contributed by atoms with van der Waals surface area (Å²) in [4.78, 5) is 13.0. The van der Waals surface area contributed by atoms with Crippen LogP contribution in [0, 0.1) is 0 Å². The van der Waals surface area contributed by atoms with Gasteiger partial charge in [-0.2, -0.15) is 0 Å². The molecule has 0 bridgehead atoms. The molecule has 0 aliphatic carbocycles. The highest BCUT2D eigenvalue weighted by molar-refractivity contribution is 5.88. The first-order valence-corrected chi connectivity index (χ1v) is 12.7. The smallest absolute Gasteiger partial charge is 0.333 e. The van der Waals surface area contributed by atoms with Gasteiger partial charge in [0.15, 0.2) is 0 Å². The van der Waals surface area contributed by atoms with E-state index in [4.69, 9.17) is 4.74 Å². The Morgan fingerprint density at radius 1 is 0.676 bits per heavy atom. The van der Waals surface area contributed by atoms with E-state index in [9.17, 15) is 4.79 Å². The van der Waals surface area contributed by atoms with Crippen LogP contribution in [0.4, 0.5) is 0 Å². The first-order valence-electron chi connectivity index (χ1n) is 12.7. The molecule has 178 valence electrons. The third-order valence-electron chi connectivity index (χ3n) is 6.42. The Morgan fingerprint density at radius 2 is 1.09 bits per heavy atom. The molecule has 0 fully saturated rings. The zero-order chi connectivity index (χ0) is 24.1. The van der Waals surface area contributed by atoms with Crippen molar-refractivity contribution in [2.45, 2.75) is 64.2 Å². The number of ether oxygens (including phenoxy) is 1. The minimum absolute atomic E-state index is 0.238. The summed E-state index contributed by atoms with van der Waals surface area (Å²) in [6, 6.07) is 31.2. The number of esters is 1. The van der Waals surface area contributed by atoms with Gasteiger partial charge < -0.3 is 4.74 Å². The second-order valence-electron chi connectivity index (χ2n) is 8.99. The predicted molar refractivity (Wildman–Crippen MR) is 142 cm³/mol. The van der Waals surface area contributed by atoms with Crippen molar-refractivity contribution < 1.29 is 9.53 Å². The summed E-state index contributed by atoms with van der Waals surface area (Å²) in [6.45, 7) is 4.58. The highest BCUT2D eigenvalue weighted by Gasteiger charge is 2.35. The number of carbonyl (C=O) groups excluding carboxylic acids is 1. The fourth-order valence-corrected chi connectivity index (χ4v) is 4.57. The molecule has 2 nitrogen and oxygen atoms in total. The third kappa shape index (κ3) is 6.70. The minimum atomic E-state index is -0.591. The molecule has 0 spiro atoms. The van der Waals surface area contributed by atoms with Crippen LogP contribution in [0.2, 0.25) is 0 Å². The molecule has 2 heteroatoms. The van der Waals surface area contributed by atoms with Gasteiger partial charge in [0.2, 0.25) is 0 Å². The molecule has 0 N–H and O–H groups in total. The van der Waals surface area contributed by atoms with E-state index in [2.05, 4.69) is 85.8 Å². The molecule has 0 atom stereocenters. The number of unbranched alkanes of at least 4 members (excludes halogenated alkanes) is 6. The lowest BCUT2D eigenvalue weighted by Crippen LogP contribution is -2.28. The average Bonchev–Trinajstić information content (AvgIpc) is 2.90. The van der Waals surface area contributed by atoms with Gasteiger partial charge in [-0.15, -0.1) is 0 Å². The molecule has 0 amide bonds. The zero-order valence-electron chi connectivity index (χ0n) is 20.7. The maximum absolute atomic E-state index is 13.0. The van der Waals surface area contributed by atoms with Gasteiger partial charge in [0.25, 0.3) is 0 Å². The molecule has 3 aromatic carbocycles. The Hall–Kier alpha value is -3.13. The maximum atomic E-state index is 13.0. The largest absolute Gasteiger partial charge is 0.462 e. The van der Waals surface area contributed by atoms with E-state index in [1.807, 2.05) is 25.1 Å². The lowest BCUT2D eigenvalue weighted by molar-refractivity contribution is -0.139. The van der Waals surface area contributed by atoms with Gasteiger partial charge in [0, 0.05) is 5.57 Å². The second-order valence-corrected chi connectivity index (χ2v) is 8.99. The van der Waals surface area contributed by atoms with E-state index in [0.29, 0.717) is 12.2 Å². The number of hydrogen-bond acceptors (Lipinski definition) is 2. The molecule has 0 radical (unpaired) electrons. The monoisotopic (exact) mass is 454 g/mol. The van der Waals surface area contributed by atoms with Gasteiger partial charge in [0.1, 0.15) is 0 Å². The Balaban J connectivity index is 1.85. The summed E-state index contributed by atoms with van der Waals surface area (Å²) < 4.78 is 5.68. The topological polar surface area (TPSA) is 26.3 Å². The van der Waals surface area contributed by atoms with Crippen LogP contribution in [0.3, 0.4) is 0 Å². The van der Waals surface area contributed by atoms with Crippen LogP contribution in [0.5, 0.6) is 0 Å². The first-order chi connectivity index (χ1) is 16.7. The summed E-state index contributed by atoms with van der Waals surface area (Å²) in [6.07, 6.45) is 10.5. The third-order valence-corrected chi connectivity index (χ3v) is 6.42. The molecular formula is C32H38O2. The molecular weight excluding hydrogens is 416 g/mol. The van der Waals surface area contributed by atoms with Crippen molar-refractivity contribution in [3.63, 3.8) is 0 Å². The summed E-state index contributed by atoms with van der Waals surface area (Å²) in [7, 11) is 0. The molecule has 0 aliphatic rings. The summed E-state index contributed by atoms with van der Waals surface area (Å²) >= 11 is 0. The Labute approximate surface area is 205 Å². The second kappa shape index (κ2) is 13.5. The van der Waals surface area contributed by atoms with Crippen LogP contribution in [-0.2, 0) is 14.9 Å². The van der Waals surface area contributed by atoms with Crippen molar-refractivity contribution in [3.05, 3.63) is 119 Å². The normalized spacial score (nSPS) is 11.9. The number of benzene rings is 3. The number of hydrogen-bond donors (Lipinski definition) is 0. The molecule has 0 saturated carbocycles. The van der Waals surface area contributed by atoms with Crippen LogP contribution in [-0.4, -0.2) is 12.6 Å². The van der Waals surface area contributed by atoms with Crippen molar-refractivity contribution in [1.29, 1.82) is 0 Å². The Kier molecular flexibility index (Phi) is 10.2. The average molecular weight is 455 g/mol. The fraction of sp³-hybridized carbons (Fsp3) is 0.344. The van der Waals surface area contributed by atoms with Gasteiger partial charge in [0.05, 0.1) is 12.0 Å². The highest BCUT2D eigenvalue weighted by Crippen LogP contribution is 2.41. The number of rotatable bonds is 13. The van der Waals surface area contributed by atoms with E-state index in [0.717, 1.165) is 29.5 Å². The van der Waals surface area contributed by atoms with Crippen LogP contribution in [0.1, 0.15) is 75.5 Å². The lowest BCUT2D eigenvalue weighted by atomic mass is 9.68. The number of allylic oxidation sites excluding steroid dienone is 1. The van der Waals surface area contributed by atoms with Crippen LogP contribution >= 0.6 is 0 Å².